The van der Waals surface area contributed by atoms with Crippen LogP contribution in [0.1, 0.15) is 62.3 Å². The lowest BCUT2D eigenvalue weighted by Crippen LogP contribution is -2.32. The van der Waals surface area contributed by atoms with Crippen LogP contribution in [-0.4, -0.2) is 10.4 Å². The minimum atomic E-state index is 0.335. The van der Waals surface area contributed by atoms with Crippen molar-refractivity contribution in [2.24, 2.45) is 10.9 Å². The highest BCUT2D eigenvalue weighted by molar-refractivity contribution is 6.10. The number of benzene rings is 5. The summed E-state index contributed by atoms with van der Waals surface area (Å²) in [6.45, 7) is 9.40. The molecule has 6 aromatic rings. The van der Waals surface area contributed by atoms with Gasteiger partial charge in [0.25, 0.3) is 0 Å². The summed E-state index contributed by atoms with van der Waals surface area (Å²) < 4.78 is 2.35. The number of allylic oxidation sites excluding steroid dienone is 4. The molecule has 0 unspecified atom stereocenters. The molecule has 2 N–H and O–H groups in total. The number of hydrogen-bond acceptors (Lipinski definition) is 2. The van der Waals surface area contributed by atoms with E-state index in [1.54, 1.807) is 0 Å². The molecule has 6 rings (SSSR count). The third-order valence-corrected chi connectivity index (χ3v) is 8.65. The minimum Gasteiger partial charge on any atom is -0.321 e. The summed E-state index contributed by atoms with van der Waals surface area (Å²) in [4.78, 5) is 2.23. The summed E-state index contributed by atoms with van der Waals surface area (Å²) in [6, 6.07) is 43.1. The molecule has 0 spiro atoms. The first-order valence-corrected chi connectivity index (χ1v) is 16.2. The molecule has 0 saturated heterocycles. The molecule has 5 aromatic carbocycles. The van der Waals surface area contributed by atoms with E-state index in [9.17, 15) is 0 Å². The van der Waals surface area contributed by atoms with Crippen molar-refractivity contribution in [1.82, 2.24) is 4.57 Å². The molecule has 0 aliphatic carbocycles. The number of hydrogen-bond donors (Lipinski definition) is 1. The first-order chi connectivity index (χ1) is 22.5. The molecule has 0 aliphatic rings. The van der Waals surface area contributed by atoms with Gasteiger partial charge in [0.05, 0.1) is 11.0 Å². The van der Waals surface area contributed by atoms with Gasteiger partial charge in [0.2, 0.25) is 0 Å². The van der Waals surface area contributed by atoms with Gasteiger partial charge in [-0.1, -0.05) is 124 Å². The Bertz CT molecular complexity index is 1990. The largest absolute Gasteiger partial charge is 0.321 e. The summed E-state index contributed by atoms with van der Waals surface area (Å²) >= 11 is 0. The molecular formula is C42H42N4. The van der Waals surface area contributed by atoms with E-state index in [-0.39, 0.29) is 0 Å². The summed E-state index contributed by atoms with van der Waals surface area (Å²) in [6.07, 6.45) is 7.65. The van der Waals surface area contributed by atoms with E-state index in [2.05, 4.69) is 164 Å². The maximum atomic E-state index is 6.17. The summed E-state index contributed by atoms with van der Waals surface area (Å²) in [5.74, 6) is 7.23. The fraction of sp³-hybridized carbons (Fsp3) is 0.167. The van der Waals surface area contributed by atoms with Crippen molar-refractivity contribution in [2.45, 2.75) is 46.6 Å². The Kier molecular flexibility index (Phi) is 9.16. The molecule has 1 aromatic heterocycles. The maximum Gasteiger partial charge on any atom is 0.160 e. The van der Waals surface area contributed by atoms with Gasteiger partial charge in [-0.05, 0) is 77.9 Å². The quantitative estimate of drug-likeness (QED) is 0.0588. The number of nitrogens with two attached hydrogens (primary N) is 1. The predicted octanol–water partition coefficient (Wildman–Crippen LogP) is 10.6. The lowest BCUT2D eigenvalue weighted by atomic mass is 9.91. The van der Waals surface area contributed by atoms with E-state index < -0.39 is 0 Å². The molecule has 0 amide bonds. The van der Waals surface area contributed by atoms with Crippen LogP contribution < -0.4 is 10.7 Å². The first kappa shape index (κ1) is 30.7. The van der Waals surface area contributed by atoms with E-state index in [0.29, 0.717) is 12.5 Å². The Morgan fingerprint density at radius 1 is 0.804 bits per heavy atom. The van der Waals surface area contributed by atoms with Crippen molar-refractivity contribution in [3.8, 4) is 5.69 Å². The van der Waals surface area contributed by atoms with E-state index in [1.807, 2.05) is 18.2 Å². The lowest BCUT2D eigenvalue weighted by Gasteiger charge is -2.28. The average molecular weight is 603 g/mol. The van der Waals surface area contributed by atoms with Crippen molar-refractivity contribution < 1.29 is 0 Å². The van der Waals surface area contributed by atoms with Crippen molar-refractivity contribution in [1.29, 1.82) is 0 Å². The molecule has 1 heterocycles. The van der Waals surface area contributed by atoms with Gasteiger partial charge >= 0.3 is 0 Å². The fourth-order valence-corrected chi connectivity index (χ4v) is 6.35. The Hall–Kier alpha value is -5.35. The van der Waals surface area contributed by atoms with Crippen LogP contribution >= 0.6 is 0 Å². The molecule has 46 heavy (non-hydrogen) atoms. The molecule has 0 atom stereocenters. The number of aromatic nitrogens is 1. The molecule has 230 valence electrons. The number of hydrazone groups is 1. The average Bonchev–Trinajstić information content (AvgIpc) is 3.44. The highest BCUT2D eigenvalue weighted by Gasteiger charge is 2.20. The molecular weight excluding hydrogens is 560 g/mol. The van der Waals surface area contributed by atoms with Crippen molar-refractivity contribution in [2.75, 3.05) is 4.90 Å². The van der Waals surface area contributed by atoms with Crippen LogP contribution in [0.15, 0.2) is 145 Å². The normalized spacial score (nSPS) is 12.5. The second kappa shape index (κ2) is 13.7. The topological polar surface area (TPSA) is 46.5 Å². The Morgan fingerprint density at radius 3 is 2.02 bits per heavy atom. The van der Waals surface area contributed by atoms with Gasteiger partial charge in [-0.25, -0.2) is 0 Å². The summed E-state index contributed by atoms with van der Waals surface area (Å²) in [5, 5.41) is 6.88. The van der Waals surface area contributed by atoms with Gasteiger partial charge in [0, 0.05) is 34.3 Å². The van der Waals surface area contributed by atoms with E-state index in [1.165, 1.54) is 38.5 Å². The number of para-hydroxylation sites is 2. The number of anilines is 1. The highest BCUT2D eigenvalue weighted by Crippen LogP contribution is 2.34. The zero-order valence-corrected chi connectivity index (χ0v) is 27.2. The second-order valence-electron chi connectivity index (χ2n) is 11.9. The molecule has 4 heteroatoms. The van der Waals surface area contributed by atoms with E-state index in [0.717, 1.165) is 34.8 Å². The molecule has 0 aliphatic heterocycles. The van der Waals surface area contributed by atoms with Gasteiger partial charge in [-0.2, -0.15) is 5.10 Å². The molecule has 4 nitrogen and oxygen atoms in total. The van der Waals surface area contributed by atoms with E-state index >= 15 is 0 Å². The van der Waals surface area contributed by atoms with Crippen molar-refractivity contribution in [3.63, 3.8) is 0 Å². The van der Waals surface area contributed by atoms with Crippen LogP contribution in [0.2, 0.25) is 0 Å². The van der Waals surface area contributed by atoms with Crippen LogP contribution in [-0.2, 0) is 6.54 Å². The predicted molar refractivity (Wildman–Crippen MR) is 198 cm³/mol. The Balaban J connectivity index is 1.42. The second-order valence-corrected chi connectivity index (χ2v) is 11.9. The first-order valence-electron chi connectivity index (χ1n) is 16.2. The third-order valence-electron chi connectivity index (χ3n) is 8.65. The molecule has 0 radical (unpaired) electrons. The fourth-order valence-electron chi connectivity index (χ4n) is 6.35. The molecule has 0 bridgehead atoms. The van der Waals surface area contributed by atoms with Crippen LogP contribution in [0.5, 0.6) is 0 Å². The van der Waals surface area contributed by atoms with Crippen LogP contribution in [0.3, 0.4) is 0 Å². The number of nitrogens with zero attached hydrogens (tertiary/aromatic N) is 3. The monoisotopic (exact) mass is 602 g/mol. The van der Waals surface area contributed by atoms with Gasteiger partial charge in [-0.3, -0.25) is 0 Å². The van der Waals surface area contributed by atoms with Gasteiger partial charge < -0.3 is 15.3 Å². The zero-order valence-electron chi connectivity index (χ0n) is 27.2. The van der Waals surface area contributed by atoms with Crippen LogP contribution in [0, 0.1) is 0 Å². The summed E-state index contributed by atoms with van der Waals surface area (Å²) in [7, 11) is 0. The maximum absolute atomic E-state index is 6.17. The van der Waals surface area contributed by atoms with E-state index in [4.69, 9.17) is 5.84 Å². The van der Waals surface area contributed by atoms with Crippen molar-refractivity contribution >= 4 is 38.9 Å². The molecule has 0 fully saturated rings. The number of rotatable bonds is 9. The highest BCUT2D eigenvalue weighted by atomic mass is 15.3. The zero-order chi connectivity index (χ0) is 32.0. The number of amidine groups is 1. The third kappa shape index (κ3) is 5.99. The minimum absolute atomic E-state index is 0.335. The van der Waals surface area contributed by atoms with Crippen molar-refractivity contribution in [3.05, 3.63) is 162 Å². The van der Waals surface area contributed by atoms with Gasteiger partial charge in [-0.15, -0.1) is 0 Å². The SMILES string of the molecule is C/C=C(\C=C/CC)c1ccc(N(Cc2ccc(-n3c4ccccc4c4ccccc43)cc2)/C(=N\N)c2ccccc2)cc1C(C)C. The summed E-state index contributed by atoms with van der Waals surface area (Å²) in [5.41, 5.74) is 10.5. The smallest absolute Gasteiger partial charge is 0.160 e. The lowest BCUT2D eigenvalue weighted by molar-refractivity contribution is 0.860. The standard InChI is InChI=1S/C42H42N4/c1-5-7-15-32(6-2)36-27-26-35(28-39(36)30(3)4)45(42(44-43)33-16-9-8-10-17-33)29-31-22-24-34(25-23-31)46-40-20-13-11-18-37(40)38-19-12-14-21-41(38)46/h6-28,30H,5,29,43H2,1-4H3/b15-7-,32-6+,44-42-. The van der Waals surface area contributed by atoms with Crippen LogP contribution in [0.25, 0.3) is 33.1 Å². The number of fused-ring (bicyclic) bond motifs is 3. The Morgan fingerprint density at radius 2 is 1.43 bits per heavy atom. The van der Waals surface area contributed by atoms with Gasteiger partial charge in [0.15, 0.2) is 5.84 Å². The molecule has 0 saturated carbocycles. The Labute approximate surface area is 272 Å². The van der Waals surface area contributed by atoms with Crippen LogP contribution in [0.4, 0.5) is 5.69 Å². The van der Waals surface area contributed by atoms with Gasteiger partial charge in [0.1, 0.15) is 0 Å².